The fourth-order valence-corrected chi connectivity index (χ4v) is 4.15. The number of rotatable bonds is 5. The Bertz CT molecular complexity index is 1120. The molecule has 0 saturated carbocycles. The predicted octanol–water partition coefficient (Wildman–Crippen LogP) is 4.80. The summed E-state index contributed by atoms with van der Waals surface area (Å²) in [5.74, 6) is -2.96. The molecule has 0 saturated heterocycles. The van der Waals surface area contributed by atoms with Crippen LogP contribution in [0.5, 0.6) is 0 Å². The van der Waals surface area contributed by atoms with Gasteiger partial charge in [0.05, 0.1) is 13.2 Å². The Morgan fingerprint density at radius 1 is 1.00 bits per heavy atom. The van der Waals surface area contributed by atoms with E-state index in [1.54, 1.807) is 0 Å². The fraction of sp³-hybridized carbons (Fsp3) is 0.167. The van der Waals surface area contributed by atoms with Crippen LogP contribution in [0.2, 0.25) is 0 Å². The van der Waals surface area contributed by atoms with Crippen LogP contribution in [0.1, 0.15) is 22.7 Å². The summed E-state index contributed by atoms with van der Waals surface area (Å²) in [6.07, 6.45) is -1.20. The van der Waals surface area contributed by atoms with E-state index >= 15 is 0 Å². The van der Waals surface area contributed by atoms with E-state index in [1.807, 2.05) is 48.5 Å². The maximum atomic E-state index is 14.3. The number of carbonyl (C=O) groups excluding carboxylic acids is 1. The Morgan fingerprint density at radius 2 is 1.58 bits per heavy atom. The van der Waals surface area contributed by atoms with E-state index in [-0.39, 0.29) is 12.0 Å². The summed E-state index contributed by atoms with van der Waals surface area (Å²) in [5.41, 5.74) is 3.25. The monoisotopic (exact) mass is 423 g/mol. The van der Waals surface area contributed by atoms with Crippen molar-refractivity contribution >= 4 is 12.1 Å². The lowest BCUT2D eigenvalue weighted by molar-refractivity contribution is -0.143. The van der Waals surface area contributed by atoms with Crippen LogP contribution in [0.25, 0.3) is 11.1 Å². The third-order valence-corrected chi connectivity index (χ3v) is 5.51. The normalized spacial score (nSPS) is 13.3. The van der Waals surface area contributed by atoms with Gasteiger partial charge < -0.3 is 9.84 Å². The van der Waals surface area contributed by atoms with Gasteiger partial charge in [-0.1, -0.05) is 54.6 Å². The molecule has 0 spiro atoms. The van der Waals surface area contributed by atoms with E-state index in [0.29, 0.717) is 6.07 Å². The van der Waals surface area contributed by atoms with Gasteiger partial charge in [0, 0.05) is 12.5 Å². The number of hydrogen-bond acceptors (Lipinski definition) is 3. The number of fused-ring (bicyclic) bond motifs is 3. The van der Waals surface area contributed by atoms with Crippen molar-refractivity contribution in [2.75, 3.05) is 7.11 Å². The molecule has 1 atom stereocenters. The highest BCUT2D eigenvalue weighted by Crippen LogP contribution is 2.47. The Labute approximate surface area is 177 Å². The second-order valence-electron chi connectivity index (χ2n) is 7.25. The van der Waals surface area contributed by atoms with Gasteiger partial charge in [0.2, 0.25) is 0 Å². The molecule has 0 fully saturated rings. The zero-order valence-electron chi connectivity index (χ0n) is 16.6. The van der Waals surface area contributed by atoms with Gasteiger partial charge >= 0.3 is 12.1 Å². The number of halogens is 2. The highest BCUT2D eigenvalue weighted by atomic mass is 19.1. The third kappa shape index (κ3) is 3.63. The van der Waals surface area contributed by atoms with Gasteiger partial charge in [-0.15, -0.1) is 0 Å². The third-order valence-electron chi connectivity index (χ3n) is 5.51. The molecule has 158 valence electrons. The van der Waals surface area contributed by atoms with Gasteiger partial charge in [-0.3, -0.25) is 4.90 Å². The molecule has 0 unspecified atom stereocenters. The zero-order chi connectivity index (χ0) is 22.1. The number of amides is 1. The van der Waals surface area contributed by atoms with E-state index in [0.717, 1.165) is 33.2 Å². The predicted molar refractivity (Wildman–Crippen MR) is 109 cm³/mol. The summed E-state index contributed by atoms with van der Waals surface area (Å²) in [6, 6.07) is 15.6. The minimum absolute atomic E-state index is 0.0118. The average molecular weight is 423 g/mol. The number of aliphatic carboxylic acids is 1. The van der Waals surface area contributed by atoms with Crippen molar-refractivity contribution in [1.29, 1.82) is 0 Å². The first kappa shape index (κ1) is 20.5. The molecule has 1 amide bonds. The van der Waals surface area contributed by atoms with Gasteiger partial charge in [-0.2, -0.15) is 0 Å². The number of hydrogen-bond donors (Lipinski definition) is 1. The molecule has 3 aromatic carbocycles. The lowest BCUT2D eigenvalue weighted by Crippen LogP contribution is -2.48. The Balaban J connectivity index is 1.85. The Kier molecular flexibility index (Phi) is 5.42. The minimum atomic E-state index is -1.45. The molecule has 3 aromatic rings. The Morgan fingerprint density at radius 3 is 2.10 bits per heavy atom. The van der Waals surface area contributed by atoms with E-state index < -0.39 is 35.8 Å². The van der Waals surface area contributed by atoms with Crippen molar-refractivity contribution in [3.63, 3.8) is 0 Å². The van der Waals surface area contributed by atoms with Gasteiger partial charge in [0.25, 0.3) is 0 Å². The molecule has 1 aliphatic carbocycles. The second-order valence-corrected chi connectivity index (χ2v) is 7.25. The van der Waals surface area contributed by atoms with Crippen LogP contribution < -0.4 is 0 Å². The number of benzene rings is 3. The maximum absolute atomic E-state index is 14.3. The minimum Gasteiger partial charge on any atom is -0.480 e. The quantitative estimate of drug-likeness (QED) is 0.640. The van der Waals surface area contributed by atoms with Crippen LogP contribution in [0.3, 0.4) is 0 Å². The van der Waals surface area contributed by atoms with Crippen molar-refractivity contribution in [1.82, 2.24) is 4.90 Å². The zero-order valence-corrected chi connectivity index (χ0v) is 16.6. The van der Waals surface area contributed by atoms with Crippen LogP contribution in [-0.2, 0) is 16.0 Å². The first-order chi connectivity index (χ1) is 14.9. The van der Waals surface area contributed by atoms with Crippen LogP contribution in [-0.4, -0.2) is 35.2 Å². The SMILES string of the molecule is COC(=O)N(C1c2ccccc2-c2ccccc21)[C@@H](Cc1ccc(F)cc1F)C(=O)O. The molecule has 0 aromatic heterocycles. The highest BCUT2D eigenvalue weighted by Gasteiger charge is 2.42. The number of carboxylic acid groups (broad SMARTS) is 1. The molecule has 0 radical (unpaired) electrons. The average Bonchev–Trinajstić information content (AvgIpc) is 3.09. The van der Waals surface area contributed by atoms with E-state index in [9.17, 15) is 23.5 Å². The van der Waals surface area contributed by atoms with Crippen molar-refractivity contribution in [2.24, 2.45) is 0 Å². The molecular weight excluding hydrogens is 404 g/mol. The first-order valence-electron chi connectivity index (χ1n) is 9.63. The van der Waals surface area contributed by atoms with Crippen molar-refractivity contribution in [2.45, 2.75) is 18.5 Å². The largest absolute Gasteiger partial charge is 0.480 e. The number of carbonyl (C=O) groups is 2. The van der Waals surface area contributed by atoms with Crippen LogP contribution >= 0.6 is 0 Å². The summed E-state index contributed by atoms with van der Waals surface area (Å²) in [4.78, 5) is 26.3. The lowest BCUT2D eigenvalue weighted by Gasteiger charge is -2.34. The molecule has 0 aliphatic heterocycles. The molecule has 0 heterocycles. The fourth-order valence-electron chi connectivity index (χ4n) is 4.15. The molecule has 31 heavy (non-hydrogen) atoms. The number of carboxylic acids is 1. The molecule has 7 heteroatoms. The molecule has 0 bridgehead atoms. The summed E-state index contributed by atoms with van der Waals surface area (Å²) in [6.45, 7) is 0. The van der Waals surface area contributed by atoms with Crippen LogP contribution in [0.15, 0.2) is 66.7 Å². The summed E-state index contributed by atoms with van der Waals surface area (Å²) in [5, 5.41) is 10.0. The first-order valence-corrected chi connectivity index (χ1v) is 9.63. The van der Waals surface area contributed by atoms with Crippen LogP contribution in [0, 0.1) is 11.6 Å². The molecule has 4 rings (SSSR count). The van der Waals surface area contributed by atoms with Gasteiger partial charge in [-0.25, -0.2) is 18.4 Å². The highest BCUT2D eigenvalue weighted by molar-refractivity contribution is 5.85. The van der Waals surface area contributed by atoms with Gasteiger partial charge in [-0.05, 0) is 33.9 Å². The standard InChI is InChI=1S/C24H19F2NO4/c1-31-24(30)27(21(23(28)29)12-14-10-11-15(25)13-20(14)26)22-18-8-4-2-6-16(18)17-7-3-5-9-19(17)22/h2-11,13,21-22H,12H2,1H3,(H,28,29)/t21-/m0/s1. The number of ether oxygens (including phenoxy) is 1. The lowest BCUT2D eigenvalue weighted by atomic mass is 9.98. The number of nitrogens with zero attached hydrogens (tertiary/aromatic N) is 1. The van der Waals surface area contributed by atoms with Crippen molar-refractivity contribution < 1.29 is 28.2 Å². The van der Waals surface area contributed by atoms with E-state index in [4.69, 9.17) is 4.74 Å². The second kappa shape index (κ2) is 8.18. The van der Waals surface area contributed by atoms with E-state index in [1.165, 1.54) is 13.2 Å². The van der Waals surface area contributed by atoms with Crippen molar-refractivity contribution in [3.8, 4) is 11.1 Å². The van der Waals surface area contributed by atoms with Gasteiger partial charge in [0.15, 0.2) is 0 Å². The smallest absolute Gasteiger partial charge is 0.411 e. The van der Waals surface area contributed by atoms with Crippen LogP contribution in [0.4, 0.5) is 13.6 Å². The molecular formula is C24H19F2NO4. The summed E-state index contributed by atoms with van der Waals surface area (Å²) < 4.78 is 32.6. The number of methoxy groups -OCH3 is 1. The summed E-state index contributed by atoms with van der Waals surface area (Å²) >= 11 is 0. The van der Waals surface area contributed by atoms with Crippen molar-refractivity contribution in [3.05, 3.63) is 95.1 Å². The maximum Gasteiger partial charge on any atom is 0.411 e. The molecule has 5 nitrogen and oxygen atoms in total. The summed E-state index contributed by atoms with van der Waals surface area (Å²) in [7, 11) is 1.17. The Hall–Kier alpha value is -3.74. The van der Waals surface area contributed by atoms with Gasteiger partial charge in [0.1, 0.15) is 17.7 Å². The molecule has 1 aliphatic rings. The topological polar surface area (TPSA) is 66.8 Å². The molecule has 1 N–H and O–H groups in total. The van der Waals surface area contributed by atoms with E-state index in [2.05, 4.69) is 0 Å².